The Morgan fingerprint density at radius 1 is 0.818 bits per heavy atom. The van der Waals surface area contributed by atoms with E-state index < -0.39 is 0 Å². The number of hydrogen-bond acceptors (Lipinski definition) is 6. The molecular formula is C27H23N5O. The highest BCUT2D eigenvalue weighted by Crippen LogP contribution is 2.46. The van der Waals surface area contributed by atoms with E-state index in [2.05, 4.69) is 68.4 Å². The molecule has 3 heterocycles. The van der Waals surface area contributed by atoms with E-state index in [0.29, 0.717) is 6.61 Å². The monoisotopic (exact) mass is 433 g/mol. The lowest BCUT2D eigenvalue weighted by molar-refractivity contribution is 0.310. The Labute approximate surface area is 193 Å². The smallest absolute Gasteiger partial charge is 0.143 e. The molecule has 0 N–H and O–H groups in total. The molecule has 0 saturated carbocycles. The van der Waals surface area contributed by atoms with E-state index in [1.807, 2.05) is 61.0 Å². The third kappa shape index (κ3) is 3.55. The molecule has 6 heteroatoms. The predicted molar refractivity (Wildman–Crippen MR) is 132 cm³/mol. The van der Waals surface area contributed by atoms with E-state index in [1.165, 1.54) is 0 Å². The van der Waals surface area contributed by atoms with Gasteiger partial charge in [-0.05, 0) is 48.5 Å². The molecule has 0 unspecified atom stereocenters. The molecule has 1 aromatic heterocycles. The van der Waals surface area contributed by atoms with Crippen LogP contribution in [0, 0.1) is 0 Å². The molecule has 3 aromatic carbocycles. The first kappa shape index (κ1) is 19.4. The van der Waals surface area contributed by atoms with Gasteiger partial charge in [-0.2, -0.15) is 5.10 Å². The summed E-state index contributed by atoms with van der Waals surface area (Å²) in [5.41, 5.74) is 7.32. The van der Waals surface area contributed by atoms with Gasteiger partial charge in [-0.1, -0.05) is 36.4 Å². The number of hydrazone groups is 1. The fourth-order valence-corrected chi connectivity index (χ4v) is 4.29. The Kier molecular flexibility index (Phi) is 4.69. The summed E-state index contributed by atoms with van der Waals surface area (Å²) in [6.45, 7) is 1.23. The molecule has 0 amide bonds. The van der Waals surface area contributed by atoms with Crippen LogP contribution in [0.1, 0.15) is 5.56 Å². The maximum absolute atomic E-state index is 6.22. The van der Waals surface area contributed by atoms with Gasteiger partial charge in [0.1, 0.15) is 25.4 Å². The van der Waals surface area contributed by atoms with Crippen LogP contribution >= 0.6 is 0 Å². The predicted octanol–water partition coefficient (Wildman–Crippen LogP) is 5.76. The topological polar surface area (TPSA) is 44.2 Å². The number of para-hydroxylation sites is 2. The number of pyridine rings is 1. The Balaban J connectivity index is 1.52. The van der Waals surface area contributed by atoms with Crippen LogP contribution in [0.4, 0.5) is 22.7 Å². The number of fused-ring (bicyclic) bond motifs is 2. The van der Waals surface area contributed by atoms with Gasteiger partial charge in [0.2, 0.25) is 0 Å². The summed E-state index contributed by atoms with van der Waals surface area (Å²) in [5.74, 6) is 0.859. The molecule has 2 aliphatic heterocycles. The van der Waals surface area contributed by atoms with Crippen molar-refractivity contribution in [1.82, 2.24) is 9.88 Å². The number of nitrogens with zero attached hydrogens (tertiary/aromatic N) is 5. The summed E-state index contributed by atoms with van der Waals surface area (Å²) in [7, 11) is 2.02. The van der Waals surface area contributed by atoms with Gasteiger partial charge in [-0.25, -0.2) is 5.01 Å². The standard InChI is InChI=1S/C27H23N5O/c1-30-18-29-31(19-30)22-13-12-21-17-33-27-11-3-2-10-25(27)32(26(21)16-22)23-8-6-7-20(15-23)24-9-4-5-14-28-24/h2-16,18H,17,19H2,1H3. The Morgan fingerprint density at radius 2 is 1.73 bits per heavy atom. The Morgan fingerprint density at radius 3 is 2.58 bits per heavy atom. The average Bonchev–Trinajstić information content (AvgIpc) is 3.23. The maximum atomic E-state index is 6.22. The highest BCUT2D eigenvalue weighted by molar-refractivity contribution is 5.85. The van der Waals surface area contributed by atoms with Crippen LogP contribution < -0.4 is 14.6 Å². The molecule has 162 valence electrons. The van der Waals surface area contributed by atoms with Gasteiger partial charge in [0.05, 0.1) is 22.8 Å². The molecule has 2 aliphatic rings. The molecule has 0 aliphatic carbocycles. The normalized spacial score (nSPS) is 14.5. The van der Waals surface area contributed by atoms with Crippen LogP contribution in [0.5, 0.6) is 5.75 Å². The molecular weight excluding hydrogens is 410 g/mol. The van der Waals surface area contributed by atoms with Gasteiger partial charge in [0.15, 0.2) is 0 Å². The zero-order valence-corrected chi connectivity index (χ0v) is 18.3. The third-order valence-electron chi connectivity index (χ3n) is 5.91. The van der Waals surface area contributed by atoms with E-state index in [9.17, 15) is 0 Å². The second-order valence-corrected chi connectivity index (χ2v) is 8.20. The van der Waals surface area contributed by atoms with E-state index in [-0.39, 0.29) is 0 Å². The van der Waals surface area contributed by atoms with Crippen LogP contribution in [-0.4, -0.2) is 29.9 Å². The molecule has 0 radical (unpaired) electrons. The van der Waals surface area contributed by atoms with Crippen molar-refractivity contribution < 1.29 is 4.74 Å². The van der Waals surface area contributed by atoms with E-state index in [4.69, 9.17) is 4.74 Å². The molecule has 0 fully saturated rings. The fourth-order valence-electron chi connectivity index (χ4n) is 4.29. The summed E-state index contributed by atoms with van der Waals surface area (Å²) in [5, 5.41) is 6.53. The summed E-state index contributed by atoms with van der Waals surface area (Å²) in [6.07, 6.45) is 3.67. The number of aromatic nitrogens is 1. The molecule has 33 heavy (non-hydrogen) atoms. The minimum absolute atomic E-state index is 0.506. The zero-order valence-electron chi connectivity index (χ0n) is 18.3. The minimum atomic E-state index is 0.506. The Hall–Kier alpha value is -4.32. The van der Waals surface area contributed by atoms with Gasteiger partial charge >= 0.3 is 0 Å². The quantitative estimate of drug-likeness (QED) is 0.411. The second kappa shape index (κ2) is 7.98. The van der Waals surface area contributed by atoms with Gasteiger partial charge in [0, 0.05) is 30.1 Å². The first-order valence-corrected chi connectivity index (χ1v) is 10.9. The van der Waals surface area contributed by atoms with Crippen molar-refractivity contribution in [2.75, 3.05) is 23.6 Å². The lowest BCUT2D eigenvalue weighted by Crippen LogP contribution is -2.23. The highest BCUT2D eigenvalue weighted by atomic mass is 16.5. The van der Waals surface area contributed by atoms with Gasteiger partial charge in [-0.3, -0.25) is 4.98 Å². The van der Waals surface area contributed by atoms with Crippen molar-refractivity contribution in [3.63, 3.8) is 0 Å². The maximum Gasteiger partial charge on any atom is 0.143 e. The summed E-state index contributed by atoms with van der Waals surface area (Å²) in [6, 6.07) is 29.1. The first-order chi connectivity index (χ1) is 16.3. The highest BCUT2D eigenvalue weighted by Gasteiger charge is 2.25. The van der Waals surface area contributed by atoms with Gasteiger partial charge < -0.3 is 14.5 Å². The summed E-state index contributed by atoms with van der Waals surface area (Å²) in [4.78, 5) is 8.87. The molecule has 0 saturated heterocycles. The van der Waals surface area contributed by atoms with E-state index in [1.54, 1.807) is 0 Å². The minimum Gasteiger partial charge on any atom is -0.487 e. The van der Waals surface area contributed by atoms with Crippen molar-refractivity contribution in [2.45, 2.75) is 6.61 Å². The Bertz CT molecular complexity index is 1340. The van der Waals surface area contributed by atoms with E-state index in [0.717, 1.165) is 52.0 Å². The molecule has 6 rings (SSSR count). The zero-order chi connectivity index (χ0) is 22.2. The number of benzene rings is 3. The number of anilines is 4. The molecule has 0 atom stereocenters. The third-order valence-corrected chi connectivity index (χ3v) is 5.91. The molecule has 0 spiro atoms. The van der Waals surface area contributed by atoms with Crippen molar-refractivity contribution in [3.8, 4) is 17.0 Å². The molecule has 6 nitrogen and oxygen atoms in total. The number of ether oxygens (including phenoxy) is 1. The van der Waals surface area contributed by atoms with Crippen LogP contribution in [0.15, 0.2) is 96.2 Å². The number of rotatable bonds is 3. The van der Waals surface area contributed by atoms with Crippen LogP contribution in [-0.2, 0) is 6.61 Å². The molecule has 0 bridgehead atoms. The van der Waals surface area contributed by atoms with Gasteiger partial charge in [0.25, 0.3) is 0 Å². The second-order valence-electron chi connectivity index (χ2n) is 8.20. The SMILES string of the molecule is CN1C=NN(c2ccc3c(c2)N(c2cccc(-c4ccccn4)c2)c2ccccc2OC3)C1. The van der Waals surface area contributed by atoms with Crippen molar-refractivity contribution in [2.24, 2.45) is 5.10 Å². The lowest BCUT2D eigenvalue weighted by Gasteiger charge is -2.27. The van der Waals surface area contributed by atoms with E-state index >= 15 is 0 Å². The van der Waals surface area contributed by atoms with Crippen LogP contribution in [0.2, 0.25) is 0 Å². The van der Waals surface area contributed by atoms with Crippen molar-refractivity contribution >= 4 is 29.1 Å². The lowest BCUT2D eigenvalue weighted by atomic mass is 10.1. The largest absolute Gasteiger partial charge is 0.487 e. The van der Waals surface area contributed by atoms with Gasteiger partial charge in [-0.15, -0.1) is 0 Å². The van der Waals surface area contributed by atoms with Crippen molar-refractivity contribution in [3.05, 3.63) is 96.7 Å². The van der Waals surface area contributed by atoms with Crippen LogP contribution in [0.25, 0.3) is 11.3 Å². The van der Waals surface area contributed by atoms with Crippen LogP contribution in [0.3, 0.4) is 0 Å². The average molecular weight is 434 g/mol. The van der Waals surface area contributed by atoms with Crippen molar-refractivity contribution in [1.29, 1.82) is 0 Å². The number of hydrogen-bond donors (Lipinski definition) is 0. The fraction of sp³-hybridized carbons (Fsp3) is 0.111. The first-order valence-electron chi connectivity index (χ1n) is 10.9. The summed E-state index contributed by atoms with van der Waals surface area (Å²) < 4.78 is 6.22. The summed E-state index contributed by atoms with van der Waals surface area (Å²) >= 11 is 0. The molecule has 4 aromatic rings.